The SMILES string of the molecule is C=CCC[C@@](C)(NC(C)=O)C1CCC(O[C@H](C)c2cc(C(F)(F)F)cc(C(F)(F)F)c2)C1c1ccc(F)cc1. The van der Waals surface area contributed by atoms with Gasteiger partial charge in [0.05, 0.1) is 23.3 Å². The highest BCUT2D eigenvalue weighted by Gasteiger charge is 2.48. The Morgan fingerprint density at radius 3 is 2.10 bits per heavy atom. The van der Waals surface area contributed by atoms with Gasteiger partial charge in [-0.3, -0.25) is 4.79 Å². The lowest BCUT2D eigenvalue weighted by atomic mass is 9.73. The summed E-state index contributed by atoms with van der Waals surface area (Å²) in [6.07, 6.45) is -7.82. The van der Waals surface area contributed by atoms with Crippen LogP contribution in [0, 0.1) is 11.7 Å². The Labute approximate surface area is 223 Å². The summed E-state index contributed by atoms with van der Waals surface area (Å²) >= 11 is 0. The molecule has 214 valence electrons. The number of alkyl halides is 6. The fourth-order valence-corrected chi connectivity index (χ4v) is 5.66. The van der Waals surface area contributed by atoms with E-state index in [0.717, 1.165) is 0 Å². The lowest BCUT2D eigenvalue weighted by molar-refractivity contribution is -0.143. The minimum absolute atomic E-state index is 0.0849. The number of benzene rings is 2. The number of carbonyl (C=O) groups excluding carboxylic acids is 1. The van der Waals surface area contributed by atoms with E-state index < -0.39 is 53.0 Å². The highest BCUT2D eigenvalue weighted by Crippen LogP contribution is 2.49. The zero-order valence-electron chi connectivity index (χ0n) is 21.9. The van der Waals surface area contributed by atoms with Gasteiger partial charge in [-0.05, 0) is 86.9 Å². The minimum Gasteiger partial charge on any atom is -0.370 e. The standard InChI is InChI=1S/C29H32F7NO2/c1-5-6-13-27(4,37-18(3)38)24-11-12-25(26(24)19-7-9-23(30)10-8-19)39-17(2)20-14-21(28(31,32)33)16-22(15-20)29(34,35)36/h5,7-10,14-17,24-26H,1,6,11-13H2,2-4H3,(H,37,38)/t17-,24?,25?,26?,27-/m1/s1. The molecule has 39 heavy (non-hydrogen) atoms. The predicted octanol–water partition coefficient (Wildman–Crippen LogP) is 8.36. The topological polar surface area (TPSA) is 38.3 Å². The summed E-state index contributed by atoms with van der Waals surface area (Å²) in [4.78, 5) is 12.1. The largest absolute Gasteiger partial charge is 0.416 e. The molecule has 0 aliphatic heterocycles. The fourth-order valence-electron chi connectivity index (χ4n) is 5.66. The van der Waals surface area contributed by atoms with Crippen LogP contribution in [0.15, 0.2) is 55.1 Å². The first kappa shape index (κ1) is 30.7. The first-order valence-electron chi connectivity index (χ1n) is 12.6. The Kier molecular flexibility index (Phi) is 9.20. The average molecular weight is 560 g/mol. The minimum atomic E-state index is -4.98. The number of carbonyl (C=O) groups is 1. The highest BCUT2D eigenvalue weighted by atomic mass is 19.4. The van der Waals surface area contributed by atoms with E-state index in [1.807, 2.05) is 6.92 Å². The van der Waals surface area contributed by atoms with Gasteiger partial charge in [0.25, 0.3) is 0 Å². The third-order valence-electron chi connectivity index (χ3n) is 7.46. The van der Waals surface area contributed by atoms with Crippen molar-refractivity contribution < 1.29 is 40.3 Å². The molecule has 0 heterocycles. The van der Waals surface area contributed by atoms with Crippen LogP contribution >= 0.6 is 0 Å². The third kappa shape index (κ3) is 7.41. The van der Waals surface area contributed by atoms with Gasteiger partial charge in [0, 0.05) is 18.4 Å². The summed E-state index contributed by atoms with van der Waals surface area (Å²) in [5.74, 6) is -1.33. The van der Waals surface area contributed by atoms with Crippen LogP contribution in [-0.4, -0.2) is 17.6 Å². The number of amides is 1. The molecule has 1 N–H and O–H groups in total. The maximum absolute atomic E-state index is 13.8. The van der Waals surface area contributed by atoms with Crippen molar-refractivity contribution >= 4 is 5.91 Å². The Morgan fingerprint density at radius 2 is 1.62 bits per heavy atom. The van der Waals surface area contributed by atoms with Gasteiger partial charge in [-0.15, -0.1) is 6.58 Å². The molecule has 0 aromatic heterocycles. The van der Waals surface area contributed by atoms with E-state index in [4.69, 9.17) is 4.74 Å². The van der Waals surface area contributed by atoms with Gasteiger partial charge in [-0.2, -0.15) is 26.3 Å². The number of hydrogen-bond donors (Lipinski definition) is 1. The van der Waals surface area contributed by atoms with Crippen LogP contribution in [-0.2, 0) is 21.9 Å². The molecule has 3 rings (SSSR count). The normalized spacial score (nSPS) is 22.3. The fraction of sp³-hybridized carbons (Fsp3) is 0.483. The number of halogens is 7. The maximum atomic E-state index is 13.8. The van der Waals surface area contributed by atoms with Gasteiger partial charge in [0.1, 0.15) is 5.82 Å². The highest BCUT2D eigenvalue weighted by molar-refractivity contribution is 5.73. The molecule has 0 spiro atoms. The Morgan fingerprint density at radius 1 is 1.05 bits per heavy atom. The molecule has 0 bridgehead atoms. The molecular formula is C29H32F7NO2. The lowest BCUT2D eigenvalue weighted by Gasteiger charge is -2.41. The Hall–Kier alpha value is -2.88. The van der Waals surface area contributed by atoms with Crippen molar-refractivity contribution in [1.82, 2.24) is 5.32 Å². The number of ether oxygens (including phenoxy) is 1. The van der Waals surface area contributed by atoms with Crippen LogP contribution in [0.3, 0.4) is 0 Å². The quantitative estimate of drug-likeness (QED) is 0.248. The van der Waals surface area contributed by atoms with Crippen molar-refractivity contribution in [3.05, 3.63) is 83.2 Å². The van der Waals surface area contributed by atoms with Crippen molar-refractivity contribution in [1.29, 1.82) is 0 Å². The van der Waals surface area contributed by atoms with Crippen molar-refractivity contribution in [3.8, 4) is 0 Å². The van der Waals surface area contributed by atoms with E-state index in [2.05, 4.69) is 11.9 Å². The van der Waals surface area contributed by atoms with Crippen molar-refractivity contribution in [3.63, 3.8) is 0 Å². The lowest BCUT2D eigenvalue weighted by Crippen LogP contribution is -2.52. The van der Waals surface area contributed by atoms with Gasteiger partial charge >= 0.3 is 12.4 Å². The summed E-state index contributed by atoms with van der Waals surface area (Å²) in [6, 6.07) is 7.18. The molecule has 1 aliphatic carbocycles. The van der Waals surface area contributed by atoms with Gasteiger partial charge in [-0.25, -0.2) is 4.39 Å². The maximum Gasteiger partial charge on any atom is 0.416 e. The number of hydrogen-bond acceptors (Lipinski definition) is 2. The zero-order chi connectivity index (χ0) is 29.2. The van der Waals surface area contributed by atoms with E-state index in [9.17, 15) is 35.5 Å². The van der Waals surface area contributed by atoms with Crippen LogP contribution in [0.5, 0.6) is 0 Å². The first-order valence-corrected chi connectivity index (χ1v) is 12.6. The van der Waals surface area contributed by atoms with E-state index in [-0.39, 0.29) is 23.5 Å². The molecule has 10 heteroatoms. The molecule has 1 fully saturated rings. The summed E-state index contributed by atoms with van der Waals surface area (Å²) in [6.45, 7) is 8.46. The summed E-state index contributed by atoms with van der Waals surface area (Å²) < 4.78 is 101. The average Bonchev–Trinajstić information content (AvgIpc) is 3.25. The molecule has 1 amide bonds. The smallest absolute Gasteiger partial charge is 0.370 e. The molecule has 0 saturated heterocycles. The van der Waals surface area contributed by atoms with E-state index in [1.54, 1.807) is 18.2 Å². The first-order chi connectivity index (χ1) is 18.0. The molecule has 2 aromatic carbocycles. The number of allylic oxidation sites excluding steroid dienone is 1. The molecule has 3 nitrogen and oxygen atoms in total. The molecule has 3 unspecified atom stereocenters. The van der Waals surface area contributed by atoms with Gasteiger partial charge < -0.3 is 10.1 Å². The summed E-state index contributed by atoms with van der Waals surface area (Å²) in [5.41, 5.74) is -3.10. The van der Waals surface area contributed by atoms with Crippen molar-refractivity contribution in [2.45, 2.75) is 82.5 Å². The van der Waals surface area contributed by atoms with Crippen molar-refractivity contribution in [2.75, 3.05) is 0 Å². The molecular weight excluding hydrogens is 527 g/mol. The van der Waals surface area contributed by atoms with Gasteiger partial charge in [0.15, 0.2) is 0 Å². The van der Waals surface area contributed by atoms with Gasteiger partial charge in [0.2, 0.25) is 5.91 Å². The zero-order valence-corrected chi connectivity index (χ0v) is 21.9. The van der Waals surface area contributed by atoms with Crippen LogP contribution < -0.4 is 5.32 Å². The molecule has 1 saturated carbocycles. The summed E-state index contributed by atoms with van der Waals surface area (Å²) in [7, 11) is 0. The Balaban J connectivity index is 2.01. The predicted molar refractivity (Wildman–Crippen MR) is 133 cm³/mol. The summed E-state index contributed by atoms with van der Waals surface area (Å²) in [5, 5.41) is 3.03. The molecule has 0 radical (unpaired) electrons. The van der Waals surface area contributed by atoms with Crippen LogP contribution in [0.2, 0.25) is 0 Å². The monoisotopic (exact) mass is 559 g/mol. The van der Waals surface area contributed by atoms with E-state index >= 15 is 0 Å². The number of nitrogens with one attached hydrogen (secondary N) is 1. The van der Waals surface area contributed by atoms with Crippen LogP contribution in [0.25, 0.3) is 0 Å². The second-order valence-electron chi connectivity index (χ2n) is 10.3. The Bertz CT molecular complexity index is 1130. The molecule has 5 atom stereocenters. The molecule has 1 aliphatic rings. The van der Waals surface area contributed by atoms with Gasteiger partial charge in [-0.1, -0.05) is 18.2 Å². The van der Waals surface area contributed by atoms with Crippen LogP contribution in [0.4, 0.5) is 30.7 Å². The second-order valence-corrected chi connectivity index (χ2v) is 10.3. The van der Waals surface area contributed by atoms with E-state index in [1.165, 1.54) is 26.0 Å². The number of rotatable bonds is 9. The second kappa shape index (κ2) is 11.7. The third-order valence-corrected chi connectivity index (χ3v) is 7.46. The van der Waals surface area contributed by atoms with Crippen molar-refractivity contribution in [2.24, 2.45) is 5.92 Å². The van der Waals surface area contributed by atoms with Crippen LogP contribution in [0.1, 0.15) is 80.7 Å². The molecule has 2 aromatic rings. The van der Waals surface area contributed by atoms with E-state index in [0.29, 0.717) is 43.4 Å².